The lowest BCUT2D eigenvalue weighted by Gasteiger charge is -2.29. The van der Waals surface area contributed by atoms with Gasteiger partial charge in [0.25, 0.3) is 0 Å². The van der Waals surface area contributed by atoms with Gasteiger partial charge in [0, 0.05) is 19.3 Å². The Labute approximate surface area is 120 Å². The van der Waals surface area contributed by atoms with Crippen LogP contribution in [-0.2, 0) is 4.74 Å². The number of esters is 1. The largest absolute Gasteiger partial charge is 0.462 e. The third-order valence-electron chi connectivity index (χ3n) is 3.57. The summed E-state index contributed by atoms with van der Waals surface area (Å²) in [6.45, 7) is 5.43. The molecular weight excluding hydrogens is 254 g/mol. The number of piperidine rings is 1. The van der Waals surface area contributed by atoms with Crippen molar-refractivity contribution < 1.29 is 9.53 Å². The lowest BCUT2D eigenvalue weighted by Crippen LogP contribution is -2.35. The van der Waals surface area contributed by atoms with Gasteiger partial charge in [-0.15, -0.1) is 0 Å². The molecule has 0 saturated carbocycles. The van der Waals surface area contributed by atoms with Crippen molar-refractivity contribution in [3.8, 4) is 0 Å². The molecule has 0 amide bonds. The van der Waals surface area contributed by atoms with Crippen LogP contribution in [0, 0.1) is 5.92 Å². The summed E-state index contributed by atoms with van der Waals surface area (Å²) in [7, 11) is 2.17. The molecule has 1 saturated heterocycles. The second-order valence-corrected chi connectivity index (χ2v) is 5.30. The van der Waals surface area contributed by atoms with E-state index in [0.29, 0.717) is 18.1 Å². The van der Waals surface area contributed by atoms with Gasteiger partial charge >= 0.3 is 5.97 Å². The highest BCUT2D eigenvalue weighted by Crippen LogP contribution is 2.16. The van der Waals surface area contributed by atoms with Crippen LogP contribution in [0.5, 0.6) is 0 Å². The Hall–Kier alpha value is -1.62. The number of pyridine rings is 1. The lowest BCUT2D eigenvalue weighted by molar-refractivity contribution is 0.0526. The molecule has 5 nitrogen and oxygen atoms in total. The minimum atomic E-state index is -0.319. The summed E-state index contributed by atoms with van der Waals surface area (Å²) in [5.74, 6) is 1.16. The van der Waals surface area contributed by atoms with Crippen molar-refractivity contribution in [1.29, 1.82) is 0 Å². The molecule has 0 spiro atoms. The summed E-state index contributed by atoms with van der Waals surface area (Å²) >= 11 is 0. The van der Waals surface area contributed by atoms with Crippen LogP contribution in [0.3, 0.4) is 0 Å². The first-order valence-corrected chi connectivity index (χ1v) is 7.24. The highest BCUT2D eigenvalue weighted by atomic mass is 16.5. The van der Waals surface area contributed by atoms with Gasteiger partial charge in [-0.05, 0) is 51.4 Å². The Balaban J connectivity index is 1.83. The maximum absolute atomic E-state index is 11.5. The van der Waals surface area contributed by atoms with Gasteiger partial charge in [-0.2, -0.15) is 0 Å². The number of nitrogens with one attached hydrogen (secondary N) is 1. The molecule has 1 atom stereocenters. The number of carbonyl (C=O) groups is 1. The molecule has 0 bridgehead atoms. The van der Waals surface area contributed by atoms with Gasteiger partial charge in [-0.25, -0.2) is 9.78 Å². The van der Waals surface area contributed by atoms with Crippen LogP contribution in [0.25, 0.3) is 0 Å². The average Bonchev–Trinajstić information content (AvgIpc) is 2.46. The third-order valence-corrected chi connectivity index (χ3v) is 3.57. The second kappa shape index (κ2) is 7.24. The van der Waals surface area contributed by atoms with Crippen LogP contribution in [0.4, 0.5) is 5.82 Å². The SMILES string of the molecule is CCOC(=O)c1ccc(NCC2CCCN(C)C2)nc1. The maximum Gasteiger partial charge on any atom is 0.339 e. The monoisotopic (exact) mass is 277 g/mol. The zero-order chi connectivity index (χ0) is 14.4. The number of nitrogens with zero attached hydrogens (tertiary/aromatic N) is 2. The average molecular weight is 277 g/mol. The maximum atomic E-state index is 11.5. The summed E-state index contributed by atoms with van der Waals surface area (Å²) in [4.78, 5) is 18.1. The smallest absolute Gasteiger partial charge is 0.339 e. The number of aromatic nitrogens is 1. The minimum absolute atomic E-state index is 0.319. The van der Waals surface area contributed by atoms with E-state index in [1.165, 1.54) is 19.4 Å². The van der Waals surface area contributed by atoms with Crippen LogP contribution in [0.15, 0.2) is 18.3 Å². The first-order chi connectivity index (χ1) is 9.69. The molecule has 1 unspecified atom stereocenters. The molecule has 1 N–H and O–H groups in total. The number of rotatable bonds is 5. The Morgan fingerprint density at radius 2 is 2.40 bits per heavy atom. The molecule has 0 aromatic carbocycles. The van der Waals surface area contributed by atoms with Crippen molar-refractivity contribution in [3.05, 3.63) is 23.9 Å². The van der Waals surface area contributed by atoms with Gasteiger partial charge < -0.3 is 15.0 Å². The van der Waals surface area contributed by atoms with Crippen molar-refractivity contribution in [2.24, 2.45) is 5.92 Å². The third kappa shape index (κ3) is 4.20. The first-order valence-electron chi connectivity index (χ1n) is 7.24. The van der Waals surface area contributed by atoms with E-state index in [1.54, 1.807) is 19.2 Å². The van der Waals surface area contributed by atoms with Crippen LogP contribution >= 0.6 is 0 Å². The molecule has 0 aliphatic carbocycles. The van der Waals surface area contributed by atoms with Crippen molar-refractivity contribution in [3.63, 3.8) is 0 Å². The van der Waals surface area contributed by atoms with Crippen LogP contribution in [0.2, 0.25) is 0 Å². The molecule has 2 rings (SSSR count). The van der Waals surface area contributed by atoms with E-state index in [4.69, 9.17) is 4.74 Å². The molecule has 1 aliphatic rings. The molecule has 1 aromatic heterocycles. The van der Waals surface area contributed by atoms with E-state index in [-0.39, 0.29) is 5.97 Å². The predicted molar refractivity (Wildman–Crippen MR) is 78.9 cm³/mol. The topological polar surface area (TPSA) is 54.5 Å². The van der Waals surface area contributed by atoms with Crippen molar-refractivity contribution in [2.75, 3.05) is 38.6 Å². The normalized spacial score (nSPS) is 19.6. The van der Waals surface area contributed by atoms with Gasteiger partial charge in [0.05, 0.1) is 12.2 Å². The number of hydrogen-bond donors (Lipinski definition) is 1. The zero-order valence-corrected chi connectivity index (χ0v) is 12.3. The van der Waals surface area contributed by atoms with E-state index < -0.39 is 0 Å². The van der Waals surface area contributed by atoms with E-state index in [9.17, 15) is 4.79 Å². The molecule has 1 aromatic rings. The molecular formula is C15H23N3O2. The molecule has 5 heteroatoms. The van der Waals surface area contributed by atoms with Crippen molar-refractivity contribution >= 4 is 11.8 Å². The number of likely N-dealkylation sites (tertiary alicyclic amines) is 1. The summed E-state index contributed by atoms with van der Waals surface area (Å²) < 4.78 is 4.93. The standard InChI is InChI=1S/C15H23N3O2/c1-3-20-15(19)13-6-7-14(17-10-13)16-9-12-5-4-8-18(2)11-12/h6-7,10,12H,3-5,8-9,11H2,1-2H3,(H,16,17). The summed E-state index contributed by atoms with van der Waals surface area (Å²) in [5, 5.41) is 3.34. The zero-order valence-electron chi connectivity index (χ0n) is 12.3. The fraction of sp³-hybridized carbons (Fsp3) is 0.600. The van der Waals surface area contributed by atoms with Crippen molar-refractivity contribution in [1.82, 2.24) is 9.88 Å². The Morgan fingerprint density at radius 3 is 3.05 bits per heavy atom. The molecule has 1 aliphatic heterocycles. The number of ether oxygens (including phenoxy) is 1. The number of anilines is 1. The fourth-order valence-electron chi connectivity index (χ4n) is 2.52. The van der Waals surface area contributed by atoms with Crippen molar-refractivity contribution in [2.45, 2.75) is 19.8 Å². The predicted octanol–water partition coefficient (Wildman–Crippen LogP) is 2.01. The van der Waals surface area contributed by atoms with Gasteiger partial charge in [0.1, 0.15) is 5.82 Å². The Morgan fingerprint density at radius 1 is 1.55 bits per heavy atom. The Kier molecular flexibility index (Phi) is 5.35. The molecule has 20 heavy (non-hydrogen) atoms. The van der Waals surface area contributed by atoms with Crippen LogP contribution in [-0.4, -0.2) is 49.1 Å². The lowest BCUT2D eigenvalue weighted by atomic mass is 9.98. The quantitative estimate of drug-likeness (QED) is 0.834. The van der Waals surface area contributed by atoms with E-state index in [1.807, 2.05) is 6.07 Å². The van der Waals surface area contributed by atoms with E-state index >= 15 is 0 Å². The minimum Gasteiger partial charge on any atom is -0.462 e. The van der Waals surface area contributed by atoms with Crippen LogP contribution in [0.1, 0.15) is 30.1 Å². The molecule has 110 valence electrons. The summed E-state index contributed by atoms with van der Waals surface area (Å²) in [5.41, 5.74) is 0.495. The molecule has 1 fully saturated rings. The molecule has 0 radical (unpaired) electrons. The van der Waals surface area contributed by atoms with Gasteiger partial charge in [-0.1, -0.05) is 0 Å². The number of carbonyl (C=O) groups excluding carboxylic acids is 1. The van der Waals surface area contributed by atoms with E-state index in [2.05, 4.69) is 22.2 Å². The van der Waals surface area contributed by atoms with E-state index in [0.717, 1.165) is 18.9 Å². The Bertz CT molecular complexity index is 433. The first kappa shape index (κ1) is 14.8. The highest BCUT2D eigenvalue weighted by molar-refractivity contribution is 5.89. The van der Waals surface area contributed by atoms with Crippen LogP contribution < -0.4 is 5.32 Å². The number of hydrogen-bond acceptors (Lipinski definition) is 5. The summed E-state index contributed by atoms with van der Waals surface area (Å²) in [6.07, 6.45) is 4.09. The van der Waals surface area contributed by atoms with Gasteiger partial charge in [-0.3, -0.25) is 0 Å². The van der Waals surface area contributed by atoms with Gasteiger partial charge in [0.15, 0.2) is 0 Å². The van der Waals surface area contributed by atoms with Gasteiger partial charge in [0.2, 0.25) is 0 Å². The molecule has 2 heterocycles. The summed E-state index contributed by atoms with van der Waals surface area (Å²) in [6, 6.07) is 3.58. The fourth-order valence-corrected chi connectivity index (χ4v) is 2.52. The second-order valence-electron chi connectivity index (χ2n) is 5.30. The highest BCUT2D eigenvalue weighted by Gasteiger charge is 2.16.